The highest BCUT2D eigenvalue weighted by atomic mass is 35.5. The third kappa shape index (κ3) is 6.82. The summed E-state index contributed by atoms with van der Waals surface area (Å²) in [6.45, 7) is 4.53. The van der Waals surface area contributed by atoms with Gasteiger partial charge in [-0.25, -0.2) is 0 Å². The van der Waals surface area contributed by atoms with Crippen molar-refractivity contribution in [3.05, 3.63) is 35.9 Å². The van der Waals surface area contributed by atoms with Crippen LogP contribution in [0.2, 0.25) is 0 Å². The monoisotopic (exact) mass is 324 g/mol. The van der Waals surface area contributed by atoms with Crippen LogP contribution < -0.4 is 5.32 Å². The van der Waals surface area contributed by atoms with E-state index in [0.717, 1.165) is 44.9 Å². The standard InChI is InChI=1S/C14H21ClN2.2ClH/c15-7-4-9-17-10-8-16-14(12-17)11-13-5-2-1-3-6-13;;/h1-3,5-6,14,16H,4,7-12H2;2*1H. The molecule has 110 valence electrons. The van der Waals surface area contributed by atoms with Gasteiger partial charge in [0.1, 0.15) is 0 Å². The summed E-state index contributed by atoms with van der Waals surface area (Å²) in [4.78, 5) is 2.52. The first-order chi connectivity index (χ1) is 8.38. The van der Waals surface area contributed by atoms with E-state index in [1.165, 1.54) is 5.56 Å². The molecule has 0 radical (unpaired) electrons. The molecule has 19 heavy (non-hydrogen) atoms. The zero-order valence-corrected chi connectivity index (χ0v) is 13.4. The Morgan fingerprint density at radius 1 is 1.21 bits per heavy atom. The number of hydrogen-bond acceptors (Lipinski definition) is 2. The molecule has 0 saturated carbocycles. The molecular weight excluding hydrogens is 303 g/mol. The van der Waals surface area contributed by atoms with Gasteiger partial charge in [0.15, 0.2) is 0 Å². The summed E-state index contributed by atoms with van der Waals surface area (Å²) in [6.07, 6.45) is 2.22. The molecule has 2 rings (SSSR count). The molecule has 1 fully saturated rings. The van der Waals surface area contributed by atoms with Crippen LogP contribution in [0.3, 0.4) is 0 Å². The van der Waals surface area contributed by atoms with E-state index in [9.17, 15) is 0 Å². The van der Waals surface area contributed by atoms with E-state index < -0.39 is 0 Å². The molecule has 0 bridgehead atoms. The lowest BCUT2D eigenvalue weighted by molar-refractivity contribution is 0.200. The predicted octanol–water partition coefficient (Wildman–Crippen LogP) is 2.98. The van der Waals surface area contributed by atoms with Gasteiger partial charge in [0.25, 0.3) is 0 Å². The van der Waals surface area contributed by atoms with Crippen molar-refractivity contribution >= 4 is 36.4 Å². The molecule has 1 aliphatic rings. The summed E-state index contributed by atoms with van der Waals surface area (Å²) in [6, 6.07) is 11.3. The van der Waals surface area contributed by atoms with Crippen molar-refractivity contribution in [1.82, 2.24) is 10.2 Å². The molecule has 1 unspecified atom stereocenters. The normalized spacial score (nSPS) is 19.3. The molecule has 1 aromatic carbocycles. The number of benzene rings is 1. The highest BCUT2D eigenvalue weighted by Crippen LogP contribution is 2.08. The molecule has 1 atom stereocenters. The van der Waals surface area contributed by atoms with Crippen molar-refractivity contribution in [2.24, 2.45) is 0 Å². The van der Waals surface area contributed by atoms with Crippen LogP contribution in [0.5, 0.6) is 0 Å². The molecule has 5 heteroatoms. The van der Waals surface area contributed by atoms with Gasteiger partial charge in [-0.05, 0) is 24.9 Å². The van der Waals surface area contributed by atoms with E-state index in [4.69, 9.17) is 11.6 Å². The Balaban J connectivity index is 0.00000162. The van der Waals surface area contributed by atoms with Crippen LogP contribution in [0.1, 0.15) is 12.0 Å². The van der Waals surface area contributed by atoms with Crippen LogP contribution in [-0.4, -0.2) is 43.0 Å². The van der Waals surface area contributed by atoms with Crippen LogP contribution >= 0.6 is 36.4 Å². The maximum atomic E-state index is 5.74. The number of halogens is 3. The van der Waals surface area contributed by atoms with Crippen molar-refractivity contribution in [3.8, 4) is 0 Å². The molecule has 1 aromatic rings. The lowest BCUT2D eigenvalue weighted by Gasteiger charge is -2.33. The molecule has 1 N–H and O–H groups in total. The molecule has 1 heterocycles. The molecular formula is C14H23Cl3N2. The van der Waals surface area contributed by atoms with E-state index in [-0.39, 0.29) is 24.8 Å². The predicted molar refractivity (Wildman–Crippen MR) is 88.2 cm³/mol. The number of alkyl halides is 1. The summed E-state index contributed by atoms with van der Waals surface area (Å²) in [5, 5.41) is 3.60. The summed E-state index contributed by atoms with van der Waals surface area (Å²) < 4.78 is 0. The minimum absolute atomic E-state index is 0. The van der Waals surface area contributed by atoms with Crippen molar-refractivity contribution in [2.75, 3.05) is 32.1 Å². The van der Waals surface area contributed by atoms with E-state index in [1.807, 2.05) is 0 Å². The average molecular weight is 326 g/mol. The Morgan fingerprint density at radius 3 is 2.63 bits per heavy atom. The second kappa shape index (κ2) is 10.8. The lowest BCUT2D eigenvalue weighted by Crippen LogP contribution is -2.51. The van der Waals surface area contributed by atoms with E-state index in [2.05, 4.69) is 40.5 Å². The van der Waals surface area contributed by atoms with Crippen molar-refractivity contribution in [1.29, 1.82) is 0 Å². The van der Waals surface area contributed by atoms with Gasteiger partial charge < -0.3 is 10.2 Å². The molecule has 0 aromatic heterocycles. The highest BCUT2D eigenvalue weighted by molar-refractivity contribution is 6.17. The average Bonchev–Trinajstić information content (AvgIpc) is 2.38. The fourth-order valence-corrected chi connectivity index (χ4v) is 2.54. The third-order valence-corrected chi connectivity index (χ3v) is 3.54. The molecule has 0 amide bonds. The highest BCUT2D eigenvalue weighted by Gasteiger charge is 2.18. The van der Waals surface area contributed by atoms with Crippen molar-refractivity contribution in [2.45, 2.75) is 18.9 Å². The van der Waals surface area contributed by atoms with Crippen molar-refractivity contribution in [3.63, 3.8) is 0 Å². The number of piperazine rings is 1. The summed E-state index contributed by atoms with van der Waals surface area (Å²) in [5.74, 6) is 0.771. The van der Waals surface area contributed by atoms with Gasteiger partial charge >= 0.3 is 0 Å². The van der Waals surface area contributed by atoms with Crippen LogP contribution in [0.25, 0.3) is 0 Å². The van der Waals surface area contributed by atoms with Gasteiger partial charge in [-0.1, -0.05) is 30.3 Å². The second-order valence-corrected chi connectivity index (χ2v) is 5.06. The topological polar surface area (TPSA) is 15.3 Å². The largest absolute Gasteiger partial charge is 0.311 e. The van der Waals surface area contributed by atoms with E-state index in [1.54, 1.807) is 0 Å². The maximum Gasteiger partial charge on any atom is 0.0235 e. The van der Waals surface area contributed by atoms with Crippen LogP contribution in [0.15, 0.2) is 30.3 Å². The Bertz CT molecular complexity index is 322. The summed E-state index contributed by atoms with van der Waals surface area (Å²) >= 11 is 5.74. The molecule has 0 spiro atoms. The number of rotatable bonds is 5. The minimum Gasteiger partial charge on any atom is -0.311 e. The number of nitrogens with zero attached hydrogens (tertiary/aromatic N) is 1. The van der Waals surface area contributed by atoms with E-state index >= 15 is 0 Å². The number of hydrogen-bond donors (Lipinski definition) is 1. The van der Waals surface area contributed by atoms with Crippen LogP contribution in [-0.2, 0) is 6.42 Å². The van der Waals surface area contributed by atoms with Crippen LogP contribution in [0, 0.1) is 0 Å². The van der Waals surface area contributed by atoms with Crippen molar-refractivity contribution < 1.29 is 0 Å². The quantitative estimate of drug-likeness (QED) is 0.837. The van der Waals surface area contributed by atoms with Gasteiger partial charge in [-0.2, -0.15) is 0 Å². The Morgan fingerprint density at radius 2 is 1.95 bits per heavy atom. The lowest BCUT2D eigenvalue weighted by atomic mass is 10.0. The van der Waals surface area contributed by atoms with Gasteiger partial charge in [0, 0.05) is 31.6 Å². The third-order valence-electron chi connectivity index (χ3n) is 3.27. The van der Waals surface area contributed by atoms with Gasteiger partial charge in [0.05, 0.1) is 0 Å². The van der Waals surface area contributed by atoms with Gasteiger partial charge in [-0.15, -0.1) is 36.4 Å². The maximum absolute atomic E-state index is 5.74. The fourth-order valence-electron chi connectivity index (χ4n) is 2.42. The first kappa shape index (κ1) is 19.0. The zero-order chi connectivity index (χ0) is 11.9. The SMILES string of the molecule is Cl.Cl.ClCCCN1CCNC(Cc2ccccc2)C1. The van der Waals surface area contributed by atoms with Gasteiger partial charge in [0.2, 0.25) is 0 Å². The first-order valence-corrected chi connectivity index (χ1v) is 6.97. The second-order valence-electron chi connectivity index (χ2n) is 4.68. The first-order valence-electron chi connectivity index (χ1n) is 6.44. The fraction of sp³-hybridized carbons (Fsp3) is 0.571. The number of nitrogens with one attached hydrogen (secondary N) is 1. The Kier molecular flexibility index (Phi) is 10.8. The molecule has 2 nitrogen and oxygen atoms in total. The molecule has 0 aliphatic carbocycles. The molecule has 1 aliphatic heterocycles. The Labute approximate surface area is 133 Å². The molecule has 1 saturated heterocycles. The smallest absolute Gasteiger partial charge is 0.0235 e. The minimum atomic E-state index is 0. The summed E-state index contributed by atoms with van der Waals surface area (Å²) in [5.41, 5.74) is 1.42. The van der Waals surface area contributed by atoms with Gasteiger partial charge in [-0.3, -0.25) is 0 Å². The van der Waals surface area contributed by atoms with Crippen LogP contribution in [0.4, 0.5) is 0 Å². The zero-order valence-electron chi connectivity index (χ0n) is 11.1. The summed E-state index contributed by atoms with van der Waals surface area (Å²) in [7, 11) is 0. The van der Waals surface area contributed by atoms with E-state index in [0.29, 0.717) is 6.04 Å². The Hall–Kier alpha value is 0.01000.